The van der Waals surface area contributed by atoms with Crippen LogP contribution in [0.4, 0.5) is 0 Å². The second-order valence-corrected chi connectivity index (χ2v) is 6.27. The van der Waals surface area contributed by atoms with E-state index >= 15 is 0 Å². The second kappa shape index (κ2) is 4.84. The number of rotatable bonds is 5. The van der Waals surface area contributed by atoms with E-state index in [0.29, 0.717) is 19.4 Å². The lowest BCUT2D eigenvalue weighted by Crippen LogP contribution is -2.49. The highest BCUT2D eigenvalue weighted by atomic mass is 32.2. The van der Waals surface area contributed by atoms with Crippen molar-refractivity contribution in [1.29, 1.82) is 0 Å². The largest absolute Gasteiger partial charge is 0.296 e. The highest BCUT2D eigenvalue weighted by molar-refractivity contribution is 7.90. The van der Waals surface area contributed by atoms with Crippen LogP contribution in [-0.2, 0) is 14.8 Å². The van der Waals surface area contributed by atoms with Gasteiger partial charge in [-0.2, -0.15) is 4.31 Å². The predicted molar refractivity (Wildman–Crippen MR) is 63.7 cm³/mol. The van der Waals surface area contributed by atoms with Gasteiger partial charge in [0.05, 0.1) is 5.54 Å². The highest BCUT2D eigenvalue weighted by Gasteiger charge is 2.54. The molecule has 0 atom stereocenters. The summed E-state index contributed by atoms with van der Waals surface area (Å²) in [5.41, 5.74) is -0.739. The molecule has 1 aliphatic heterocycles. The maximum atomic E-state index is 12.0. The first-order valence-electron chi connectivity index (χ1n) is 5.98. The molecule has 0 aliphatic carbocycles. The Bertz CT molecular complexity index is 355. The van der Waals surface area contributed by atoms with Gasteiger partial charge >= 0.3 is 0 Å². The molecule has 0 spiro atoms. The molecule has 0 radical (unpaired) electrons. The molecule has 5 heteroatoms. The minimum atomic E-state index is -3.35. The fourth-order valence-corrected chi connectivity index (χ4v) is 4.73. The van der Waals surface area contributed by atoms with E-state index in [1.807, 2.05) is 13.8 Å². The Morgan fingerprint density at radius 3 is 2.06 bits per heavy atom. The average molecular weight is 247 g/mol. The van der Waals surface area contributed by atoms with Gasteiger partial charge in [0, 0.05) is 6.54 Å². The fraction of sp³-hybridized carbons (Fsp3) is 0.909. The van der Waals surface area contributed by atoms with Gasteiger partial charge in [0.2, 0.25) is 10.0 Å². The standard InChI is InChI=1S/C11H21NO3S/c1-4-7-11(8-5-2)10(13)9-16(14,15)12(11)6-3/h4-9H2,1-3H3. The molecule has 94 valence electrons. The molecule has 1 fully saturated rings. The number of sulfonamides is 1. The van der Waals surface area contributed by atoms with Crippen molar-refractivity contribution < 1.29 is 13.2 Å². The molecule has 1 rings (SSSR count). The van der Waals surface area contributed by atoms with Gasteiger partial charge in [0.25, 0.3) is 0 Å². The Kier molecular flexibility index (Phi) is 4.12. The third kappa shape index (κ3) is 2.02. The quantitative estimate of drug-likeness (QED) is 0.741. The minimum absolute atomic E-state index is 0.113. The van der Waals surface area contributed by atoms with E-state index < -0.39 is 15.6 Å². The monoisotopic (exact) mass is 247 g/mol. The summed E-state index contributed by atoms with van der Waals surface area (Å²) in [7, 11) is -3.35. The SMILES string of the molecule is CCCC1(CCC)C(=O)CS(=O)(=O)N1CC. The number of Topliss-reactive ketones (excluding diaryl/α,β-unsaturated/α-hetero) is 1. The summed E-state index contributed by atoms with van der Waals surface area (Å²) in [6, 6.07) is 0. The molecule has 0 aromatic heterocycles. The number of nitrogens with zero attached hydrogens (tertiary/aromatic N) is 1. The maximum absolute atomic E-state index is 12.0. The molecule has 0 saturated carbocycles. The number of carbonyl (C=O) groups is 1. The fourth-order valence-electron chi connectivity index (χ4n) is 2.76. The van der Waals surface area contributed by atoms with Crippen molar-refractivity contribution in [2.75, 3.05) is 12.3 Å². The summed E-state index contributed by atoms with van der Waals surface area (Å²) in [5, 5.41) is 0. The van der Waals surface area contributed by atoms with E-state index in [4.69, 9.17) is 0 Å². The van der Waals surface area contributed by atoms with Crippen LogP contribution in [0.5, 0.6) is 0 Å². The maximum Gasteiger partial charge on any atom is 0.222 e. The van der Waals surface area contributed by atoms with Gasteiger partial charge in [-0.1, -0.05) is 33.6 Å². The Morgan fingerprint density at radius 1 is 1.19 bits per heavy atom. The zero-order valence-corrected chi connectivity index (χ0v) is 11.1. The molecular weight excluding hydrogens is 226 g/mol. The number of carbonyl (C=O) groups excluding carboxylic acids is 1. The second-order valence-electron chi connectivity index (χ2n) is 4.38. The van der Waals surface area contributed by atoms with Gasteiger partial charge in [0.1, 0.15) is 5.75 Å². The van der Waals surface area contributed by atoms with Crippen molar-refractivity contribution in [1.82, 2.24) is 4.31 Å². The Morgan fingerprint density at radius 2 is 1.69 bits per heavy atom. The average Bonchev–Trinajstić information content (AvgIpc) is 2.34. The van der Waals surface area contributed by atoms with Crippen LogP contribution in [0.25, 0.3) is 0 Å². The zero-order valence-electron chi connectivity index (χ0n) is 10.3. The summed E-state index contributed by atoms with van der Waals surface area (Å²) in [6.07, 6.45) is 2.95. The van der Waals surface area contributed by atoms with Crippen LogP contribution in [0.15, 0.2) is 0 Å². The lowest BCUT2D eigenvalue weighted by atomic mass is 9.85. The minimum Gasteiger partial charge on any atom is -0.296 e. The van der Waals surface area contributed by atoms with E-state index in [9.17, 15) is 13.2 Å². The number of likely N-dealkylation sites (N-methyl/N-ethyl adjacent to an activating group) is 1. The normalized spacial score (nSPS) is 23.8. The molecule has 4 nitrogen and oxygen atoms in total. The van der Waals surface area contributed by atoms with Crippen molar-refractivity contribution in [3.05, 3.63) is 0 Å². The molecule has 0 unspecified atom stereocenters. The third-order valence-corrected chi connectivity index (χ3v) is 5.17. The molecular formula is C11H21NO3S. The first kappa shape index (κ1) is 13.6. The van der Waals surface area contributed by atoms with Crippen LogP contribution in [0.1, 0.15) is 46.5 Å². The van der Waals surface area contributed by atoms with Crippen LogP contribution in [0, 0.1) is 0 Å². The van der Waals surface area contributed by atoms with Crippen molar-refractivity contribution in [3.63, 3.8) is 0 Å². The van der Waals surface area contributed by atoms with Crippen molar-refractivity contribution in [2.24, 2.45) is 0 Å². The van der Waals surface area contributed by atoms with Crippen molar-refractivity contribution in [2.45, 2.75) is 52.0 Å². The summed E-state index contributed by atoms with van der Waals surface area (Å²) >= 11 is 0. The zero-order chi connectivity index (χ0) is 12.4. The molecule has 0 aromatic carbocycles. The summed E-state index contributed by atoms with van der Waals surface area (Å²) < 4.78 is 25.2. The lowest BCUT2D eigenvalue weighted by Gasteiger charge is -2.34. The van der Waals surface area contributed by atoms with Crippen LogP contribution in [0.3, 0.4) is 0 Å². The third-order valence-electron chi connectivity index (χ3n) is 3.26. The predicted octanol–water partition coefficient (Wildman–Crippen LogP) is 1.56. The van der Waals surface area contributed by atoms with Gasteiger partial charge in [0.15, 0.2) is 5.78 Å². The molecule has 16 heavy (non-hydrogen) atoms. The van der Waals surface area contributed by atoms with Gasteiger partial charge in [-0.3, -0.25) is 4.79 Å². The topological polar surface area (TPSA) is 54.5 Å². The Balaban J connectivity index is 3.18. The number of hydrogen-bond acceptors (Lipinski definition) is 3. The van der Waals surface area contributed by atoms with E-state index in [2.05, 4.69) is 0 Å². The van der Waals surface area contributed by atoms with Gasteiger partial charge in [-0.05, 0) is 12.8 Å². The summed E-state index contributed by atoms with van der Waals surface area (Å²) in [6.45, 7) is 6.18. The molecule has 0 N–H and O–H groups in total. The highest BCUT2D eigenvalue weighted by Crippen LogP contribution is 2.36. The van der Waals surface area contributed by atoms with Crippen LogP contribution in [-0.4, -0.2) is 36.3 Å². The van der Waals surface area contributed by atoms with Gasteiger partial charge < -0.3 is 0 Å². The number of hydrogen-bond donors (Lipinski definition) is 0. The van der Waals surface area contributed by atoms with Crippen molar-refractivity contribution >= 4 is 15.8 Å². The first-order valence-corrected chi connectivity index (χ1v) is 7.59. The molecule has 0 aromatic rings. The van der Waals surface area contributed by atoms with E-state index in [1.165, 1.54) is 4.31 Å². The van der Waals surface area contributed by atoms with E-state index in [-0.39, 0.29) is 11.5 Å². The van der Waals surface area contributed by atoms with Crippen LogP contribution in [0.2, 0.25) is 0 Å². The van der Waals surface area contributed by atoms with Crippen LogP contribution >= 0.6 is 0 Å². The Hall–Kier alpha value is -0.420. The molecule has 0 bridgehead atoms. The first-order chi connectivity index (χ1) is 7.44. The van der Waals surface area contributed by atoms with Gasteiger partial charge in [-0.25, -0.2) is 8.42 Å². The smallest absolute Gasteiger partial charge is 0.222 e. The van der Waals surface area contributed by atoms with E-state index in [0.717, 1.165) is 12.8 Å². The summed E-state index contributed by atoms with van der Waals surface area (Å²) in [4.78, 5) is 12.0. The number of ketones is 1. The lowest BCUT2D eigenvalue weighted by molar-refractivity contribution is -0.125. The van der Waals surface area contributed by atoms with Crippen LogP contribution < -0.4 is 0 Å². The molecule has 1 aliphatic rings. The molecule has 1 saturated heterocycles. The molecule has 0 amide bonds. The van der Waals surface area contributed by atoms with Gasteiger partial charge in [-0.15, -0.1) is 0 Å². The molecule has 1 heterocycles. The van der Waals surface area contributed by atoms with Crippen molar-refractivity contribution in [3.8, 4) is 0 Å². The van der Waals surface area contributed by atoms with E-state index in [1.54, 1.807) is 6.92 Å². The Labute approximate surface area is 98.1 Å². The summed E-state index contributed by atoms with van der Waals surface area (Å²) in [5.74, 6) is -0.418.